The molecule has 0 radical (unpaired) electrons. The molecule has 1 fully saturated rings. The van der Waals surface area contributed by atoms with E-state index in [2.05, 4.69) is 0 Å². The minimum atomic E-state index is -3.33. The third-order valence-corrected chi connectivity index (χ3v) is 4.58. The zero-order valence-electron chi connectivity index (χ0n) is 9.92. The van der Waals surface area contributed by atoms with Gasteiger partial charge in [-0.2, -0.15) is 17.0 Å². The molecular formula is C9H21N3O3S. The van der Waals surface area contributed by atoms with Crippen LogP contribution in [-0.2, 0) is 14.9 Å². The standard InChI is InChI=1S/C9H21N3O3S/c1-9(10)3-4-11(2)16(13,14)12-5-7-15-8-6-12/h9H,3-8,10H2,1-2H3. The topological polar surface area (TPSA) is 75.9 Å². The second-order valence-corrected chi connectivity index (χ2v) is 6.14. The van der Waals surface area contributed by atoms with Crippen molar-refractivity contribution in [3.63, 3.8) is 0 Å². The van der Waals surface area contributed by atoms with Crippen LogP contribution in [0.25, 0.3) is 0 Å². The average molecular weight is 251 g/mol. The van der Waals surface area contributed by atoms with Crippen molar-refractivity contribution in [2.45, 2.75) is 19.4 Å². The van der Waals surface area contributed by atoms with E-state index in [0.29, 0.717) is 39.3 Å². The SMILES string of the molecule is CC(N)CCN(C)S(=O)(=O)N1CCOCC1. The van der Waals surface area contributed by atoms with Gasteiger partial charge in [-0.1, -0.05) is 0 Å². The molecule has 0 bridgehead atoms. The van der Waals surface area contributed by atoms with Gasteiger partial charge in [-0.25, -0.2) is 0 Å². The molecule has 1 unspecified atom stereocenters. The van der Waals surface area contributed by atoms with Crippen LogP contribution in [0, 0.1) is 0 Å². The Bertz CT molecular complexity index is 299. The van der Waals surface area contributed by atoms with Gasteiger partial charge >= 0.3 is 0 Å². The lowest BCUT2D eigenvalue weighted by atomic mass is 10.2. The highest BCUT2D eigenvalue weighted by Gasteiger charge is 2.28. The van der Waals surface area contributed by atoms with Gasteiger partial charge in [0.2, 0.25) is 0 Å². The van der Waals surface area contributed by atoms with Gasteiger partial charge in [0.05, 0.1) is 13.2 Å². The van der Waals surface area contributed by atoms with Crippen LogP contribution in [0.4, 0.5) is 0 Å². The fraction of sp³-hybridized carbons (Fsp3) is 1.00. The molecule has 1 aliphatic heterocycles. The summed E-state index contributed by atoms with van der Waals surface area (Å²) in [6, 6.07) is 0.0161. The van der Waals surface area contributed by atoms with Gasteiger partial charge in [0.15, 0.2) is 0 Å². The average Bonchev–Trinajstić information content (AvgIpc) is 2.27. The Morgan fingerprint density at radius 1 is 1.44 bits per heavy atom. The lowest BCUT2D eigenvalue weighted by Gasteiger charge is -2.30. The molecular weight excluding hydrogens is 230 g/mol. The summed E-state index contributed by atoms with van der Waals surface area (Å²) in [6.45, 7) is 4.14. The second kappa shape index (κ2) is 5.92. The van der Waals surface area contributed by atoms with E-state index in [1.165, 1.54) is 8.61 Å². The predicted octanol–water partition coefficient (Wildman–Crippen LogP) is -0.767. The lowest BCUT2D eigenvalue weighted by molar-refractivity contribution is 0.0706. The first-order chi connectivity index (χ1) is 7.44. The van der Waals surface area contributed by atoms with E-state index < -0.39 is 10.2 Å². The Labute approximate surface area is 97.5 Å². The van der Waals surface area contributed by atoms with E-state index in [9.17, 15) is 8.42 Å². The van der Waals surface area contributed by atoms with Crippen molar-refractivity contribution >= 4 is 10.2 Å². The highest BCUT2D eigenvalue weighted by molar-refractivity contribution is 7.86. The van der Waals surface area contributed by atoms with Crippen molar-refractivity contribution in [2.24, 2.45) is 5.73 Å². The third kappa shape index (κ3) is 3.67. The van der Waals surface area contributed by atoms with Gasteiger partial charge in [0, 0.05) is 32.7 Å². The minimum absolute atomic E-state index is 0.0161. The molecule has 1 heterocycles. The van der Waals surface area contributed by atoms with E-state index in [1.807, 2.05) is 6.92 Å². The quantitative estimate of drug-likeness (QED) is 0.696. The Kier molecular flexibility index (Phi) is 5.13. The van der Waals surface area contributed by atoms with Crippen molar-refractivity contribution in [3.8, 4) is 0 Å². The van der Waals surface area contributed by atoms with Crippen LogP contribution in [0.2, 0.25) is 0 Å². The molecule has 0 aromatic rings. The van der Waals surface area contributed by atoms with Gasteiger partial charge in [0.25, 0.3) is 10.2 Å². The Hall–Kier alpha value is -0.210. The van der Waals surface area contributed by atoms with Crippen LogP contribution in [0.3, 0.4) is 0 Å². The maximum absolute atomic E-state index is 12.1. The molecule has 0 amide bonds. The number of nitrogens with two attached hydrogens (primary N) is 1. The fourth-order valence-electron chi connectivity index (χ4n) is 1.48. The third-order valence-electron chi connectivity index (χ3n) is 2.59. The van der Waals surface area contributed by atoms with Crippen molar-refractivity contribution in [3.05, 3.63) is 0 Å². The van der Waals surface area contributed by atoms with Crippen LogP contribution in [0.15, 0.2) is 0 Å². The van der Waals surface area contributed by atoms with Gasteiger partial charge < -0.3 is 10.5 Å². The maximum atomic E-state index is 12.1. The molecule has 1 atom stereocenters. The van der Waals surface area contributed by atoms with Crippen LogP contribution in [-0.4, -0.2) is 63.0 Å². The molecule has 0 aromatic carbocycles. The molecule has 16 heavy (non-hydrogen) atoms. The summed E-state index contributed by atoms with van der Waals surface area (Å²) in [6.07, 6.45) is 0.667. The molecule has 1 rings (SSSR count). The van der Waals surface area contributed by atoms with Crippen molar-refractivity contribution in [2.75, 3.05) is 39.9 Å². The van der Waals surface area contributed by atoms with Crippen LogP contribution in [0.1, 0.15) is 13.3 Å². The molecule has 0 saturated carbocycles. The van der Waals surface area contributed by atoms with E-state index in [1.54, 1.807) is 7.05 Å². The van der Waals surface area contributed by atoms with Crippen LogP contribution >= 0.6 is 0 Å². The first kappa shape index (κ1) is 13.9. The zero-order chi connectivity index (χ0) is 12.2. The number of hydrogen-bond acceptors (Lipinski definition) is 4. The smallest absolute Gasteiger partial charge is 0.281 e. The summed E-state index contributed by atoms with van der Waals surface area (Å²) >= 11 is 0. The van der Waals surface area contributed by atoms with Crippen molar-refractivity contribution in [1.82, 2.24) is 8.61 Å². The number of hydrogen-bond donors (Lipinski definition) is 1. The fourth-order valence-corrected chi connectivity index (χ4v) is 2.82. The summed E-state index contributed by atoms with van der Waals surface area (Å²) in [5, 5.41) is 0. The zero-order valence-corrected chi connectivity index (χ0v) is 10.7. The summed E-state index contributed by atoms with van der Waals surface area (Å²) in [5.74, 6) is 0. The van der Waals surface area contributed by atoms with E-state index in [0.717, 1.165) is 0 Å². The number of morpholine rings is 1. The molecule has 0 aromatic heterocycles. The molecule has 6 nitrogen and oxygen atoms in total. The first-order valence-corrected chi connectivity index (χ1v) is 6.89. The molecule has 0 aliphatic carbocycles. The highest BCUT2D eigenvalue weighted by atomic mass is 32.2. The van der Waals surface area contributed by atoms with Crippen LogP contribution in [0.5, 0.6) is 0 Å². The van der Waals surface area contributed by atoms with Gasteiger partial charge in [-0.15, -0.1) is 0 Å². The molecule has 1 saturated heterocycles. The Balaban J connectivity index is 2.54. The lowest BCUT2D eigenvalue weighted by Crippen LogP contribution is -2.47. The van der Waals surface area contributed by atoms with E-state index >= 15 is 0 Å². The highest BCUT2D eigenvalue weighted by Crippen LogP contribution is 2.09. The molecule has 0 spiro atoms. The normalized spacial score (nSPS) is 21.2. The van der Waals surface area contributed by atoms with Gasteiger partial charge in [-0.3, -0.25) is 0 Å². The second-order valence-electron chi connectivity index (χ2n) is 4.11. The first-order valence-electron chi connectivity index (χ1n) is 5.49. The monoisotopic (exact) mass is 251 g/mol. The largest absolute Gasteiger partial charge is 0.379 e. The summed E-state index contributed by atoms with van der Waals surface area (Å²) < 4.78 is 32.1. The summed E-state index contributed by atoms with van der Waals surface area (Å²) in [5.41, 5.74) is 5.61. The minimum Gasteiger partial charge on any atom is -0.379 e. The van der Waals surface area contributed by atoms with E-state index in [4.69, 9.17) is 10.5 Å². The molecule has 1 aliphatic rings. The molecule has 2 N–H and O–H groups in total. The molecule has 96 valence electrons. The van der Waals surface area contributed by atoms with Crippen LogP contribution < -0.4 is 5.73 Å². The molecule has 7 heteroatoms. The maximum Gasteiger partial charge on any atom is 0.281 e. The van der Waals surface area contributed by atoms with Crippen molar-refractivity contribution in [1.29, 1.82) is 0 Å². The number of rotatable bonds is 5. The Morgan fingerprint density at radius 2 is 2.00 bits per heavy atom. The Morgan fingerprint density at radius 3 is 2.50 bits per heavy atom. The number of ether oxygens (including phenoxy) is 1. The number of nitrogens with zero attached hydrogens (tertiary/aromatic N) is 2. The van der Waals surface area contributed by atoms with Gasteiger partial charge in [0.1, 0.15) is 0 Å². The summed E-state index contributed by atoms with van der Waals surface area (Å²) in [4.78, 5) is 0. The van der Waals surface area contributed by atoms with Gasteiger partial charge in [-0.05, 0) is 13.3 Å². The predicted molar refractivity (Wildman–Crippen MR) is 62.2 cm³/mol. The van der Waals surface area contributed by atoms with Crippen molar-refractivity contribution < 1.29 is 13.2 Å². The van der Waals surface area contributed by atoms with E-state index in [-0.39, 0.29) is 6.04 Å². The summed E-state index contributed by atoms with van der Waals surface area (Å²) in [7, 11) is -1.74.